The van der Waals surface area contributed by atoms with Crippen molar-refractivity contribution in [3.05, 3.63) is 78.2 Å². The zero-order valence-corrected chi connectivity index (χ0v) is 15.0. The second-order valence-corrected chi connectivity index (χ2v) is 6.20. The number of aromatic carboxylic acids is 1. The van der Waals surface area contributed by atoms with Crippen molar-refractivity contribution < 1.29 is 9.90 Å². The summed E-state index contributed by atoms with van der Waals surface area (Å²) in [4.78, 5) is 24.3. The van der Waals surface area contributed by atoms with E-state index in [0.717, 1.165) is 22.3 Å². The van der Waals surface area contributed by atoms with Crippen molar-refractivity contribution in [3.63, 3.8) is 0 Å². The molecule has 2 aromatic carbocycles. The topological polar surface area (TPSA) is 100 Å². The van der Waals surface area contributed by atoms with Crippen molar-refractivity contribution >= 4 is 39.9 Å². The second-order valence-electron chi connectivity index (χ2n) is 6.20. The highest BCUT2D eigenvalue weighted by Gasteiger charge is 2.07. The standard InChI is InChI=1S/C21H17N5O2/c1-13-23-18(25-16-9-7-15(8-10-16)21(27)28)12-19(24-13)26-17-6-2-4-14-5-3-11-22-20(14)17/h2-12H,1H3,(H,27,28)(H2,23,24,25,26). The van der Waals surface area contributed by atoms with Crippen molar-refractivity contribution in [1.29, 1.82) is 0 Å². The number of aromatic nitrogens is 3. The molecule has 0 bridgehead atoms. The van der Waals surface area contributed by atoms with Gasteiger partial charge in [0.1, 0.15) is 17.5 Å². The minimum Gasteiger partial charge on any atom is -0.478 e. The first-order chi connectivity index (χ1) is 13.6. The highest BCUT2D eigenvalue weighted by atomic mass is 16.4. The number of benzene rings is 2. The monoisotopic (exact) mass is 371 g/mol. The lowest BCUT2D eigenvalue weighted by molar-refractivity contribution is 0.0697. The van der Waals surface area contributed by atoms with Gasteiger partial charge in [-0.25, -0.2) is 14.8 Å². The van der Waals surface area contributed by atoms with Crippen molar-refractivity contribution in [2.24, 2.45) is 0 Å². The third-order valence-corrected chi connectivity index (χ3v) is 4.14. The van der Waals surface area contributed by atoms with Gasteiger partial charge in [-0.2, -0.15) is 0 Å². The van der Waals surface area contributed by atoms with Crippen LogP contribution in [-0.4, -0.2) is 26.0 Å². The van der Waals surface area contributed by atoms with Crippen molar-refractivity contribution in [3.8, 4) is 0 Å². The molecule has 7 nitrogen and oxygen atoms in total. The van der Waals surface area contributed by atoms with Gasteiger partial charge in [0.05, 0.1) is 16.8 Å². The van der Waals surface area contributed by atoms with Crippen LogP contribution in [0.25, 0.3) is 10.9 Å². The van der Waals surface area contributed by atoms with Crippen LogP contribution in [0.2, 0.25) is 0 Å². The van der Waals surface area contributed by atoms with Gasteiger partial charge in [0.2, 0.25) is 0 Å². The Morgan fingerprint density at radius 3 is 2.39 bits per heavy atom. The normalized spacial score (nSPS) is 10.6. The third-order valence-electron chi connectivity index (χ3n) is 4.14. The zero-order valence-electron chi connectivity index (χ0n) is 15.0. The molecule has 0 atom stereocenters. The Bertz CT molecular complexity index is 1150. The average Bonchev–Trinajstić information content (AvgIpc) is 2.68. The molecule has 28 heavy (non-hydrogen) atoms. The molecule has 0 saturated carbocycles. The molecule has 2 aromatic heterocycles. The Morgan fingerprint density at radius 2 is 1.64 bits per heavy atom. The summed E-state index contributed by atoms with van der Waals surface area (Å²) in [7, 11) is 0. The predicted octanol–water partition coefficient (Wildman–Crippen LogP) is 4.52. The molecule has 0 aliphatic carbocycles. The number of hydrogen-bond donors (Lipinski definition) is 3. The maximum atomic E-state index is 11.0. The number of carboxylic acids is 1. The lowest BCUT2D eigenvalue weighted by Gasteiger charge is -2.11. The van der Waals surface area contributed by atoms with Crippen LogP contribution in [-0.2, 0) is 0 Å². The smallest absolute Gasteiger partial charge is 0.335 e. The number of nitrogens with one attached hydrogen (secondary N) is 2. The van der Waals surface area contributed by atoms with Gasteiger partial charge in [-0.15, -0.1) is 0 Å². The van der Waals surface area contributed by atoms with Crippen LogP contribution < -0.4 is 10.6 Å². The Morgan fingerprint density at radius 1 is 0.929 bits per heavy atom. The van der Waals surface area contributed by atoms with Crippen molar-refractivity contribution in [1.82, 2.24) is 15.0 Å². The van der Waals surface area contributed by atoms with E-state index in [2.05, 4.69) is 25.6 Å². The zero-order chi connectivity index (χ0) is 19.5. The highest BCUT2D eigenvalue weighted by molar-refractivity contribution is 5.91. The molecule has 0 amide bonds. The maximum Gasteiger partial charge on any atom is 0.335 e. The number of hydrogen-bond acceptors (Lipinski definition) is 6. The first-order valence-electron chi connectivity index (χ1n) is 8.65. The fourth-order valence-electron chi connectivity index (χ4n) is 2.88. The molecule has 3 N–H and O–H groups in total. The Balaban J connectivity index is 1.61. The molecule has 0 saturated heterocycles. The summed E-state index contributed by atoms with van der Waals surface area (Å²) >= 11 is 0. The summed E-state index contributed by atoms with van der Waals surface area (Å²) in [5.41, 5.74) is 2.68. The Hall–Kier alpha value is -4.00. The van der Waals surface area contributed by atoms with E-state index in [9.17, 15) is 4.79 Å². The van der Waals surface area contributed by atoms with E-state index in [0.29, 0.717) is 17.5 Å². The van der Waals surface area contributed by atoms with Gasteiger partial charge in [-0.3, -0.25) is 4.98 Å². The van der Waals surface area contributed by atoms with Gasteiger partial charge < -0.3 is 15.7 Å². The van der Waals surface area contributed by atoms with Gasteiger partial charge in [0.15, 0.2) is 0 Å². The van der Waals surface area contributed by atoms with Crippen LogP contribution in [0.15, 0.2) is 66.9 Å². The second kappa shape index (κ2) is 7.32. The number of rotatable bonds is 5. The SMILES string of the molecule is Cc1nc(Nc2ccc(C(=O)O)cc2)cc(Nc2cccc3cccnc23)n1. The molecular weight excluding hydrogens is 354 g/mol. The number of pyridine rings is 1. The Kier molecular flexibility index (Phi) is 4.55. The lowest BCUT2D eigenvalue weighted by atomic mass is 10.2. The van der Waals surface area contributed by atoms with E-state index in [1.54, 1.807) is 36.5 Å². The molecule has 4 aromatic rings. The molecule has 2 heterocycles. The number of carbonyl (C=O) groups is 1. The van der Waals surface area contributed by atoms with Gasteiger partial charge in [0, 0.05) is 23.3 Å². The van der Waals surface area contributed by atoms with Gasteiger partial charge in [-0.1, -0.05) is 18.2 Å². The molecule has 0 radical (unpaired) electrons. The van der Waals surface area contributed by atoms with E-state index in [1.165, 1.54) is 0 Å². The molecule has 4 rings (SSSR count). The molecule has 138 valence electrons. The van der Waals surface area contributed by atoms with E-state index < -0.39 is 5.97 Å². The summed E-state index contributed by atoms with van der Waals surface area (Å²) in [6, 6.07) is 18.1. The van der Waals surface area contributed by atoms with Crippen LogP contribution in [0.5, 0.6) is 0 Å². The third kappa shape index (κ3) is 3.73. The van der Waals surface area contributed by atoms with E-state index in [4.69, 9.17) is 5.11 Å². The number of anilines is 4. The molecule has 0 aliphatic heterocycles. The van der Waals surface area contributed by atoms with Gasteiger partial charge in [0.25, 0.3) is 0 Å². The fourth-order valence-corrected chi connectivity index (χ4v) is 2.88. The molecule has 0 spiro atoms. The summed E-state index contributed by atoms with van der Waals surface area (Å²) in [6.45, 7) is 1.81. The average molecular weight is 371 g/mol. The molecule has 0 fully saturated rings. The van der Waals surface area contributed by atoms with Crippen LogP contribution in [0, 0.1) is 6.92 Å². The Labute approximate surface area is 161 Å². The van der Waals surface area contributed by atoms with Crippen LogP contribution in [0.4, 0.5) is 23.0 Å². The summed E-state index contributed by atoms with van der Waals surface area (Å²) in [6.07, 6.45) is 1.76. The first-order valence-corrected chi connectivity index (χ1v) is 8.65. The number of aryl methyl sites for hydroxylation is 1. The molecule has 0 unspecified atom stereocenters. The van der Waals surface area contributed by atoms with Crippen molar-refractivity contribution in [2.75, 3.05) is 10.6 Å². The molecule has 0 aliphatic rings. The van der Waals surface area contributed by atoms with Crippen LogP contribution >= 0.6 is 0 Å². The fraction of sp³-hybridized carbons (Fsp3) is 0.0476. The predicted molar refractivity (Wildman–Crippen MR) is 108 cm³/mol. The van der Waals surface area contributed by atoms with E-state index >= 15 is 0 Å². The molecular formula is C21H17N5O2. The number of nitrogens with zero attached hydrogens (tertiary/aromatic N) is 3. The number of carboxylic acid groups (broad SMARTS) is 1. The summed E-state index contributed by atoms with van der Waals surface area (Å²) < 4.78 is 0. The highest BCUT2D eigenvalue weighted by Crippen LogP contribution is 2.25. The van der Waals surface area contributed by atoms with Crippen LogP contribution in [0.1, 0.15) is 16.2 Å². The number of fused-ring (bicyclic) bond motifs is 1. The minimum absolute atomic E-state index is 0.232. The molecule has 7 heteroatoms. The number of para-hydroxylation sites is 1. The van der Waals surface area contributed by atoms with Crippen LogP contribution in [0.3, 0.4) is 0 Å². The van der Waals surface area contributed by atoms with E-state index in [-0.39, 0.29) is 5.56 Å². The maximum absolute atomic E-state index is 11.0. The summed E-state index contributed by atoms with van der Waals surface area (Å²) in [5.74, 6) is 0.879. The van der Waals surface area contributed by atoms with Gasteiger partial charge >= 0.3 is 5.97 Å². The summed E-state index contributed by atoms with van der Waals surface area (Å²) in [5, 5.41) is 16.5. The van der Waals surface area contributed by atoms with Gasteiger partial charge in [-0.05, 0) is 43.3 Å². The first kappa shape index (κ1) is 17.4. The quantitative estimate of drug-likeness (QED) is 0.474. The minimum atomic E-state index is -0.959. The van der Waals surface area contributed by atoms with Crippen molar-refractivity contribution in [2.45, 2.75) is 6.92 Å². The largest absolute Gasteiger partial charge is 0.478 e. The van der Waals surface area contributed by atoms with E-state index in [1.807, 2.05) is 37.3 Å². The lowest BCUT2D eigenvalue weighted by Crippen LogP contribution is -2.02.